The second-order valence-electron chi connectivity index (χ2n) is 7.18. The molecule has 2 amide bonds. The van der Waals surface area contributed by atoms with Crippen LogP contribution in [0.5, 0.6) is 0 Å². The molecule has 2 N–H and O–H groups in total. The van der Waals surface area contributed by atoms with E-state index in [1.807, 2.05) is 18.2 Å². The number of nitrogens with zero attached hydrogens (tertiary/aromatic N) is 1. The minimum Gasteiger partial charge on any atom is -0.385 e. The van der Waals surface area contributed by atoms with Gasteiger partial charge in [-0.15, -0.1) is 0 Å². The van der Waals surface area contributed by atoms with Gasteiger partial charge in [-0.25, -0.2) is 9.18 Å². The number of fused-ring (bicyclic) bond motifs is 3. The van der Waals surface area contributed by atoms with Crippen LogP contribution in [0.15, 0.2) is 42.5 Å². The first-order chi connectivity index (χ1) is 14.1. The Bertz CT molecular complexity index is 1020. The molecule has 0 unspecified atom stereocenters. The van der Waals surface area contributed by atoms with Crippen molar-refractivity contribution in [2.75, 3.05) is 26.8 Å². The number of carbonyl (C=O) groups is 1. The third-order valence-electron chi connectivity index (χ3n) is 5.34. The molecule has 0 saturated carbocycles. The zero-order valence-electron chi connectivity index (χ0n) is 16.2. The zero-order valence-corrected chi connectivity index (χ0v) is 16.9. The Labute approximate surface area is 173 Å². The van der Waals surface area contributed by atoms with Gasteiger partial charge in [0.2, 0.25) is 0 Å². The molecule has 0 spiro atoms. The van der Waals surface area contributed by atoms with Crippen molar-refractivity contribution in [3.8, 4) is 0 Å². The SMILES string of the molecule is COCCCNC(=O)N1CCc2c([nH]c3ccc(Cl)cc23)[C@@H]1c1ccc(F)cc1. The average molecular weight is 416 g/mol. The summed E-state index contributed by atoms with van der Waals surface area (Å²) in [5.41, 5.74) is 3.94. The van der Waals surface area contributed by atoms with Crippen LogP contribution < -0.4 is 5.32 Å². The Balaban J connectivity index is 1.72. The topological polar surface area (TPSA) is 57.4 Å². The van der Waals surface area contributed by atoms with Crippen LogP contribution in [-0.2, 0) is 11.2 Å². The summed E-state index contributed by atoms with van der Waals surface area (Å²) in [7, 11) is 1.64. The van der Waals surface area contributed by atoms with Gasteiger partial charge in [-0.2, -0.15) is 0 Å². The van der Waals surface area contributed by atoms with Gasteiger partial charge in [0.15, 0.2) is 0 Å². The second-order valence-corrected chi connectivity index (χ2v) is 7.62. The highest BCUT2D eigenvalue weighted by Gasteiger charge is 2.34. The normalized spacial score (nSPS) is 16.1. The first-order valence-electron chi connectivity index (χ1n) is 9.67. The fraction of sp³-hybridized carbons (Fsp3) is 0.318. The van der Waals surface area contributed by atoms with Gasteiger partial charge in [-0.3, -0.25) is 0 Å². The van der Waals surface area contributed by atoms with E-state index in [1.165, 1.54) is 12.1 Å². The van der Waals surface area contributed by atoms with E-state index in [2.05, 4.69) is 10.3 Å². The Morgan fingerprint density at radius 2 is 2.10 bits per heavy atom. The van der Waals surface area contributed by atoms with Crippen molar-refractivity contribution in [3.05, 3.63) is 70.1 Å². The number of hydrogen-bond acceptors (Lipinski definition) is 2. The van der Waals surface area contributed by atoms with E-state index < -0.39 is 0 Å². The molecule has 152 valence electrons. The molecule has 2 heterocycles. The Morgan fingerprint density at radius 3 is 2.86 bits per heavy atom. The van der Waals surface area contributed by atoms with Crippen molar-refractivity contribution in [2.45, 2.75) is 18.9 Å². The molecule has 1 aliphatic heterocycles. The molecule has 1 aliphatic rings. The van der Waals surface area contributed by atoms with Crippen LogP contribution in [0.2, 0.25) is 5.02 Å². The van der Waals surface area contributed by atoms with E-state index in [-0.39, 0.29) is 17.9 Å². The Kier molecular flexibility index (Phi) is 5.74. The fourth-order valence-corrected chi connectivity index (χ4v) is 4.16. The highest BCUT2D eigenvalue weighted by atomic mass is 35.5. The lowest BCUT2D eigenvalue weighted by Crippen LogP contribution is -2.46. The third kappa shape index (κ3) is 3.95. The third-order valence-corrected chi connectivity index (χ3v) is 5.57. The summed E-state index contributed by atoms with van der Waals surface area (Å²) in [4.78, 5) is 18.2. The van der Waals surface area contributed by atoms with Crippen molar-refractivity contribution in [2.24, 2.45) is 0 Å². The number of rotatable bonds is 5. The van der Waals surface area contributed by atoms with Crippen LogP contribution in [0.25, 0.3) is 10.9 Å². The van der Waals surface area contributed by atoms with Crippen molar-refractivity contribution < 1.29 is 13.9 Å². The maximum absolute atomic E-state index is 13.5. The number of amides is 2. The summed E-state index contributed by atoms with van der Waals surface area (Å²) in [6, 6.07) is 11.6. The molecule has 29 heavy (non-hydrogen) atoms. The molecular formula is C22H23ClFN3O2. The van der Waals surface area contributed by atoms with Gasteiger partial charge < -0.3 is 19.9 Å². The standard InChI is InChI=1S/C22H23ClFN3O2/c1-29-12-2-10-25-22(28)27-11-9-17-18-13-15(23)5-8-19(18)26-20(17)21(27)14-3-6-16(24)7-4-14/h3-8,13,21,26H,2,9-12H2,1H3,(H,25,28)/t21-/m0/s1. The van der Waals surface area contributed by atoms with Crippen LogP contribution in [0.4, 0.5) is 9.18 Å². The molecule has 7 heteroatoms. The van der Waals surface area contributed by atoms with Crippen LogP contribution >= 0.6 is 11.6 Å². The average Bonchev–Trinajstić information content (AvgIpc) is 3.09. The lowest BCUT2D eigenvalue weighted by atomic mass is 9.92. The predicted octanol–water partition coefficient (Wildman–Crippen LogP) is 4.65. The first-order valence-corrected chi connectivity index (χ1v) is 10.0. The van der Waals surface area contributed by atoms with Crippen LogP contribution in [-0.4, -0.2) is 42.7 Å². The van der Waals surface area contributed by atoms with Gasteiger partial charge in [0.05, 0.1) is 6.04 Å². The Morgan fingerprint density at radius 1 is 1.31 bits per heavy atom. The van der Waals surface area contributed by atoms with E-state index in [0.717, 1.165) is 40.6 Å². The predicted molar refractivity (Wildman–Crippen MR) is 112 cm³/mol. The van der Waals surface area contributed by atoms with E-state index in [9.17, 15) is 9.18 Å². The van der Waals surface area contributed by atoms with Crippen molar-refractivity contribution in [1.29, 1.82) is 0 Å². The second kappa shape index (κ2) is 8.43. The van der Waals surface area contributed by atoms with Crippen LogP contribution in [0, 0.1) is 5.82 Å². The summed E-state index contributed by atoms with van der Waals surface area (Å²) in [6.45, 7) is 1.69. The van der Waals surface area contributed by atoms with Gasteiger partial charge in [-0.05, 0) is 54.3 Å². The first kappa shape index (κ1) is 19.7. The van der Waals surface area contributed by atoms with Gasteiger partial charge in [0.1, 0.15) is 5.82 Å². The maximum Gasteiger partial charge on any atom is 0.318 e. The van der Waals surface area contributed by atoms with Crippen molar-refractivity contribution >= 4 is 28.5 Å². The number of H-pyrrole nitrogens is 1. The molecule has 0 saturated heterocycles. The lowest BCUT2D eigenvalue weighted by molar-refractivity contribution is 0.173. The number of benzene rings is 2. The number of urea groups is 1. The monoisotopic (exact) mass is 415 g/mol. The molecule has 0 aliphatic carbocycles. The van der Waals surface area contributed by atoms with Crippen molar-refractivity contribution in [1.82, 2.24) is 15.2 Å². The lowest BCUT2D eigenvalue weighted by Gasteiger charge is -2.36. The number of aromatic amines is 1. The number of halogens is 2. The number of nitrogens with one attached hydrogen (secondary N) is 2. The highest BCUT2D eigenvalue weighted by Crippen LogP contribution is 2.39. The summed E-state index contributed by atoms with van der Waals surface area (Å²) >= 11 is 6.21. The van der Waals surface area contributed by atoms with Crippen LogP contribution in [0.3, 0.4) is 0 Å². The summed E-state index contributed by atoms with van der Waals surface area (Å²) in [5.74, 6) is -0.302. The van der Waals surface area contributed by atoms with Gasteiger partial charge in [0, 0.05) is 48.4 Å². The summed E-state index contributed by atoms with van der Waals surface area (Å²) in [6.07, 6.45) is 1.46. The number of aromatic nitrogens is 1. The molecule has 0 bridgehead atoms. The van der Waals surface area contributed by atoms with Gasteiger partial charge in [-0.1, -0.05) is 23.7 Å². The molecule has 4 rings (SSSR count). The number of ether oxygens (including phenoxy) is 1. The summed E-state index contributed by atoms with van der Waals surface area (Å²) in [5, 5.41) is 4.72. The number of methoxy groups -OCH3 is 1. The van der Waals surface area contributed by atoms with E-state index >= 15 is 0 Å². The molecule has 2 aromatic carbocycles. The minimum atomic E-state index is -0.326. The van der Waals surface area contributed by atoms with Gasteiger partial charge in [0.25, 0.3) is 0 Å². The Hall–Kier alpha value is -2.57. The molecular weight excluding hydrogens is 393 g/mol. The highest BCUT2D eigenvalue weighted by molar-refractivity contribution is 6.31. The zero-order chi connectivity index (χ0) is 20.4. The summed E-state index contributed by atoms with van der Waals surface area (Å²) < 4.78 is 18.6. The molecule has 5 nitrogen and oxygen atoms in total. The van der Waals surface area contributed by atoms with E-state index in [0.29, 0.717) is 24.7 Å². The largest absolute Gasteiger partial charge is 0.385 e. The quantitative estimate of drug-likeness (QED) is 0.596. The van der Waals surface area contributed by atoms with E-state index in [1.54, 1.807) is 24.1 Å². The van der Waals surface area contributed by atoms with Crippen molar-refractivity contribution in [3.63, 3.8) is 0 Å². The fourth-order valence-electron chi connectivity index (χ4n) is 3.98. The maximum atomic E-state index is 13.5. The molecule has 0 fully saturated rings. The van der Waals surface area contributed by atoms with E-state index in [4.69, 9.17) is 16.3 Å². The van der Waals surface area contributed by atoms with Gasteiger partial charge >= 0.3 is 6.03 Å². The minimum absolute atomic E-state index is 0.141. The molecule has 3 aromatic rings. The number of carbonyl (C=O) groups excluding carboxylic acids is 1. The molecule has 1 atom stereocenters. The smallest absolute Gasteiger partial charge is 0.318 e. The number of hydrogen-bond donors (Lipinski definition) is 2. The molecule has 0 radical (unpaired) electrons. The molecule has 1 aromatic heterocycles. The van der Waals surface area contributed by atoms with Crippen LogP contribution in [0.1, 0.15) is 29.3 Å².